The van der Waals surface area contributed by atoms with Gasteiger partial charge in [0.05, 0.1) is 6.61 Å². The zero-order chi connectivity index (χ0) is 17.7. The van der Waals surface area contributed by atoms with Crippen LogP contribution in [0.5, 0.6) is 11.5 Å². The molecule has 0 saturated heterocycles. The molecule has 0 aromatic heterocycles. The lowest BCUT2D eigenvalue weighted by atomic mass is 10.3. The second-order valence-corrected chi connectivity index (χ2v) is 5.68. The summed E-state index contributed by atoms with van der Waals surface area (Å²) in [6, 6.07) is 14.2. The Labute approximate surface area is 149 Å². The van der Waals surface area contributed by atoms with Gasteiger partial charge in [0.2, 0.25) is 0 Å². The molecule has 0 saturated carbocycles. The van der Waals surface area contributed by atoms with Crippen molar-refractivity contribution in [3.8, 4) is 11.5 Å². The molecule has 25 heavy (non-hydrogen) atoms. The van der Waals surface area contributed by atoms with Crippen molar-refractivity contribution in [1.29, 1.82) is 0 Å². The largest absolute Gasteiger partial charge is 0.490 e. The minimum absolute atomic E-state index is 0.214. The first-order valence-corrected chi connectivity index (χ1v) is 8.84. The van der Waals surface area contributed by atoms with Gasteiger partial charge < -0.3 is 20.1 Å². The molecule has 0 fully saturated rings. The van der Waals surface area contributed by atoms with Crippen LogP contribution in [0.4, 0.5) is 10.1 Å². The van der Waals surface area contributed by atoms with Crippen molar-refractivity contribution >= 4 is 5.69 Å². The highest BCUT2D eigenvalue weighted by Crippen LogP contribution is 2.26. The molecule has 0 radical (unpaired) electrons. The number of hydrogen-bond donors (Lipinski definition) is 2. The molecule has 0 bridgehead atoms. The fraction of sp³-hybridized carbons (Fsp3) is 0.400. The molecule has 0 atom stereocenters. The average Bonchev–Trinajstić information content (AvgIpc) is 2.64. The van der Waals surface area contributed by atoms with Crippen molar-refractivity contribution in [3.63, 3.8) is 0 Å². The van der Waals surface area contributed by atoms with Crippen molar-refractivity contribution in [2.75, 3.05) is 38.2 Å². The van der Waals surface area contributed by atoms with Crippen LogP contribution >= 0.6 is 0 Å². The van der Waals surface area contributed by atoms with Gasteiger partial charge in [0.1, 0.15) is 12.4 Å². The molecule has 0 unspecified atom stereocenters. The van der Waals surface area contributed by atoms with Gasteiger partial charge in [-0.15, -0.1) is 0 Å². The number of hydrogen-bond acceptors (Lipinski definition) is 4. The van der Waals surface area contributed by atoms with Gasteiger partial charge in [-0.05, 0) is 55.8 Å². The van der Waals surface area contributed by atoms with Gasteiger partial charge >= 0.3 is 0 Å². The first-order chi connectivity index (χ1) is 12.3. The van der Waals surface area contributed by atoms with Gasteiger partial charge in [0.25, 0.3) is 0 Å². The standard InChI is InChI=1S/C20H27FN2O2/c1-2-15-24-19-6-3-4-7-20(19)25-16-14-22-12-5-13-23-18-10-8-17(21)9-11-18/h3-4,6-11,22-23H,2,5,12-16H2,1H3. The zero-order valence-corrected chi connectivity index (χ0v) is 14.8. The van der Waals surface area contributed by atoms with Crippen LogP contribution in [0, 0.1) is 5.82 Å². The summed E-state index contributed by atoms with van der Waals surface area (Å²) in [5, 5.41) is 6.61. The number of ether oxygens (including phenoxy) is 2. The van der Waals surface area contributed by atoms with E-state index in [1.54, 1.807) is 12.1 Å². The van der Waals surface area contributed by atoms with Crippen molar-refractivity contribution in [3.05, 3.63) is 54.3 Å². The van der Waals surface area contributed by atoms with Gasteiger partial charge in [0, 0.05) is 18.8 Å². The van der Waals surface area contributed by atoms with Crippen LogP contribution in [0.25, 0.3) is 0 Å². The summed E-state index contributed by atoms with van der Waals surface area (Å²) < 4.78 is 24.3. The Balaban J connectivity index is 1.54. The smallest absolute Gasteiger partial charge is 0.161 e. The van der Waals surface area contributed by atoms with Crippen LogP contribution in [-0.4, -0.2) is 32.8 Å². The first-order valence-electron chi connectivity index (χ1n) is 8.84. The lowest BCUT2D eigenvalue weighted by molar-refractivity contribution is 0.267. The normalized spacial score (nSPS) is 10.5. The van der Waals surface area contributed by atoms with E-state index in [0.29, 0.717) is 13.2 Å². The van der Waals surface area contributed by atoms with Gasteiger partial charge in [-0.2, -0.15) is 0 Å². The predicted molar refractivity (Wildman–Crippen MR) is 100 cm³/mol. The Kier molecular flexibility index (Phi) is 8.63. The van der Waals surface area contributed by atoms with E-state index in [2.05, 4.69) is 17.6 Å². The van der Waals surface area contributed by atoms with Gasteiger partial charge in [-0.25, -0.2) is 4.39 Å². The summed E-state index contributed by atoms with van der Waals surface area (Å²) in [6.07, 6.45) is 1.95. The lowest BCUT2D eigenvalue weighted by Gasteiger charge is -2.12. The topological polar surface area (TPSA) is 42.5 Å². The Bertz CT molecular complexity index is 605. The lowest BCUT2D eigenvalue weighted by Crippen LogP contribution is -2.23. The maximum Gasteiger partial charge on any atom is 0.161 e. The highest BCUT2D eigenvalue weighted by molar-refractivity contribution is 5.42. The molecule has 136 valence electrons. The van der Waals surface area contributed by atoms with Crippen molar-refractivity contribution in [2.45, 2.75) is 19.8 Å². The molecular weight excluding hydrogens is 319 g/mol. The molecule has 2 aromatic rings. The SMILES string of the molecule is CCCOc1ccccc1OCCNCCCNc1ccc(F)cc1. The van der Waals surface area contributed by atoms with E-state index in [4.69, 9.17) is 9.47 Å². The van der Waals surface area contributed by atoms with E-state index in [9.17, 15) is 4.39 Å². The Morgan fingerprint density at radius 2 is 1.52 bits per heavy atom. The van der Waals surface area contributed by atoms with E-state index in [0.717, 1.165) is 49.7 Å². The maximum absolute atomic E-state index is 12.8. The molecular formula is C20H27FN2O2. The van der Waals surface area contributed by atoms with E-state index in [1.165, 1.54) is 12.1 Å². The van der Waals surface area contributed by atoms with Crippen LogP contribution in [0.15, 0.2) is 48.5 Å². The summed E-state index contributed by atoms with van der Waals surface area (Å²) in [5.41, 5.74) is 0.938. The molecule has 5 heteroatoms. The molecule has 0 spiro atoms. The summed E-state index contributed by atoms with van der Waals surface area (Å²) >= 11 is 0. The van der Waals surface area contributed by atoms with Crippen molar-refractivity contribution < 1.29 is 13.9 Å². The Hall–Kier alpha value is -2.27. The number of benzene rings is 2. The maximum atomic E-state index is 12.8. The number of rotatable bonds is 12. The van der Waals surface area contributed by atoms with Crippen LogP contribution < -0.4 is 20.1 Å². The number of halogens is 1. The third-order valence-electron chi connectivity index (χ3n) is 3.55. The minimum atomic E-state index is -0.214. The molecule has 4 nitrogen and oxygen atoms in total. The highest BCUT2D eigenvalue weighted by Gasteiger charge is 2.03. The van der Waals surface area contributed by atoms with Gasteiger partial charge in [-0.3, -0.25) is 0 Å². The molecule has 2 rings (SSSR count). The average molecular weight is 346 g/mol. The molecule has 0 aliphatic heterocycles. The molecule has 0 heterocycles. The first kappa shape index (κ1) is 19.1. The monoisotopic (exact) mass is 346 g/mol. The van der Waals surface area contributed by atoms with Crippen molar-refractivity contribution in [2.24, 2.45) is 0 Å². The van der Waals surface area contributed by atoms with Crippen molar-refractivity contribution in [1.82, 2.24) is 5.32 Å². The number of nitrogens with one attached hydrogen (secondary N) is 2. The molecule has 0 aliphatic rings. The summed E-state index contributed by atoms with van der Waals surface area (Å²) in [6.45, 7) is 5.88. The van der Waals surface area contributed by atoms with E-state index in [1.807, 2.05) is 24.3 Å². The second kappa shape index (κ2) is 11.3. The Morgan fingerprint density at radius 1 is 0.840 bits per heavy atom. The Morgan fingerprint density at radius 3 is 2.20 bits per heavy atom. The van der Waals surface area contributed by atoms with Gasteiger partial charge in [0.15, 0.2) is 11.5 Å². The number of para-hydroxylation sites is 2. The van der Waals surface area contributed by atoms with E-state index >= 15 is 0 Å². The minimum Gasteiger partial charge on any atom is -0.490 e. The second-order valence-electron chi connectivity index (χ2n) is 5.68. The summed E-state index contributed by atoms with van der Waals surface area (Å²) in [7, 11) is 0. The molecule has 2 N–H and O–H groups in total. The van der Waals surface area contributed by atoms with Crippen LogP contribution in [0.2, 0.25) is 0 Å². The fourth-order valence-electron chi connectivity index (χ4n) is 2.27. The van der Waals surface area contributed by atoms with Crippen LogP contribution in [0.1, 0.15) is 19.8 Å². The summed E-state index contributed by atoms with van der Waals surface area (Å²) in [5.74, 6) is 1.37. The third-order valence-corrected chi connectivity index (χ3v) is 3.55. The van der Waals surface area contributed by atoms with Crippen LogP contribution in [0.3, 0.4) is 0 Å². The third kappa shape index (κ3) is 7.44. The number of anilines is 1. The van der Waals surface area contributed by atoms with E-state index in [-0.39, 0.29) is 5.82 Å². The molecule has 2 aromatic carbocycles. The molecule has 0 amide bonds. The summed E-state index contributed by atoms with van der Waals surface area (Å²) in [4.78, 5) is 0. The highest BCUT2D eigenvalue weighted by atomic mass is 19.1. The predicted octanol–water partition coefficient (Wildman–Crippen LogP) is 4.09. The fourth-order valence-corrected chi connectivity index (χ4v) is 2.27. The van der Waals surface area contributed by atoms with E-state index < -0.39 is 0 Å². The zero-order valence-electron chi connectivity index (χ0n) is 14.8. The van der Waals surface area contributed by atoms with Gasteiger partial charge in [-0.1, -0.05) is 19.1 Å². The molecule has 0 aliphatic carbocycles. The quantitative estimate of drug-likeness (QED) is 0.568. The van der Waals surface area contributed by atoms with Crippen LogP contribution in [-0.2, 0) is 0 Å².